The van der Waals surface area contributed by atoms with Gasteiger partial charge in [0.05, 0.1) is 16.7 Å². The lowest BCUT2D eigenvalue weighted by Gasteiger charge is -2.20. The maximum absolute atomic E-state index is 9.26. The van der Waals surface area contributed by atoms with Crippen molar-refractivity contribution in [2.45, 2.75) is 53.0 Å². The van der Waals surface area contributed by atoms with Gasteiger partial charge in [-0.3, -0.25) is 0 Å². The molecule has 42 heavy (non-hydrogen) atoms. The van der Waals surface area contributed by atoms with Gasteiger partial charge in [0.2, 0.25) is 0 Å². The molecule has 4 aromatic carbocycles. The number of hydrogen-bond acceptors (Lipinski definition) is 6. The molecule has 0 spiro atoms. The first-order chi connectivity index (χ1) is 20.4. The Balaban J connectivity index is 1.36. The largest absolute Gasteiger partial charge is 0.488 e. The highest BCUT2D eigenvalue weighted by Gasteiger charge is 2.16. The molecule has 7 heteroatoms. The number of nitriles is 1. The monoisotopic (exact) mass is 582 g/mol. The van der Waals surface area contributed by atoms with E-state index in [-0.39, 0.29) is 0 Å². The average Bonchev–Trinajstić information content (AvgIpc) is 3.02. The fraction of sp³-hybridized carbons (Fsp3) is 0.286. The van der Waals surface area contributed by atoms with E-state index in [2.05, 4.69) is 50.4 Å². The van der Waals surface area contributed by atoms with Crippen molar-refractivity contribution < 1.29 is 18.9 Å². The quantitative estimate of drug-likeness (QED) is 0.193. The molecule has 1 atom stereocenters. The van der Waals surface area contributed by atoms with Crippen LogP contribution in [0.4, 0.5) is 0 Å². The summed E-state index contributed by atoms with van der Waals surface area (Å²) >= 11 is 6.74. The molecular weight excluding hydrogens is 548 g/mol. The van der Waals surface area contributed by atoms with Crippen LogP contribution in [-0.2, 0) is 19.8 Å². The van der Waals surface area contributed by atoms with Gasteiger partial charge in [0.25, 0.3) is 0 Å². The first-order valence-corrected chi connectivity index (χ1v) is 14.6. The minimum Gasteiger partial charge on any atom is -0.488 e. The first kappa shape index (κ1) is 29.3. The van der Waals surface area contributed by atoms with E-state index in [1.54, 1.807) is 6.07 Å². The predicted molar refractivity (Wildman–Crippen MR) is 165 cm³/mol. The maximum atomic E-state index is 9.26. The smallest absolute Gasteiger partial charge is 0.161 e. The van der Waals surface area contributed by atoms with Crippen LogP contribution in [0.15, 0.2) is 72.8 Å². The molecule has 0 saturated carbocycles. The van der Waals surface area contributed by atoms with Crippen LogP contribution >= 0.6 is 11.6 Å². The average molecular weight is 583 g/mol. The summed E-state index contributed by atoms with van der Waals surface area (Å²) in [4.78, 5) is 0. The Hall–Kier alpha value is -4.18. The van der Waals surface area contributed by atoms with E-state index in [9.17, 15) is 5.26 Å². The fourth-order valence-corrected chi connectivity index (χ4v) is 5.04. The van der Waals surface area contributed by atoms with Gasteiger partial charge < -0.3 is 24.3 Å². The fourth-order valence-electron chi connectivity index (χ4n) is 4.80. The Morgan fingerprint density at radius 2 is 1.69 bits per heavy atom. The van der Waals surface area contributed by atoms with Gasteiger partial charge in [-0.05, 0) is 78.4 Å². The van der Waals surface area contributed by atoms with Gasteiger partial charge in [0, 0.05) is 24.2 Å². The van der Waals surface area contributed by atoms with E-state index >= 15 is 0 Å². The standard InChI is InChI=1S/C35H35ClN2O4/c1-4-23(2)38-20-29-16-31(36)34(18-33(29)41-21-26-8-5-7-25(15-26)19-37)42-22-28-9-6-10-30(24(28)3)27-11-12-32-35(17-27)40-14-13-39-32/h5-12,15-18,23,38H,4,13-14,20-22H2,1-3H3/t23-/m1/s1. The number of nitrogens with zero attached hydrogens (tertiary/aromatic N) is 1. The van der Waals surface area contributed by atoms with Gasteiger partial charge in [-0.15, -0.1) is 0 Å². The Labute approximate surface area is 252 Å². The van der Waals surface area contributed by atoms with Crippen molar-refractivity contribution >= 4 is 11.6 Å². The Morgan fingerprint density at radius 3 is 2.50 bits per heavy atom. The third-order valence-electron chi connectivity index (χ3n) is 7.50. The molecule has 0 aromatic heterocycles. The van der Waals surface area contributed by atoms with E-state index in [0.29, 0.717) is 61.1 Å². The molecule has 6 nitrogen and oxygen atoms in total. The molecule has 1 aliphatic heterocycles. The first-order valence-electron chi connectivity index (χ1n) is 14.2. The van der Waals surface area contributed by atoms with E-state index in [4.69, 9.17) is 30.5 Å². The van der Waals surface area contributed by atoms with E-state index in [0.717, 1.165) is 51.3 Å². The summed E-state index contributed by atoms with van der Waals surface area (Å²) in [5.41, 5.74) is 6.80. The molecule has 1 aliphatic rings. The van der Waals surface area contributed by atoms with Crippen LogP contribution in [0.1, 0.15) is 48.1 Å². The molecular formula is C35H35ClN2O4. The number of halogens is 1. The van der Waals surface area contributed by atoms with Gasteiger partial charge >= 0.3 is 0 Å². The molecule has 0 saturated heterocycles. The minimum absolute atomic E-state index is 0.323. The summed E-state index contributed by atoms with van der Waals surface area (Å²) in [5, 5.41) is 13.3. The molecule has 4 aromatic rings. The SMILES string of the molecule is CC[C@@H](C)NCc1cc(Cl)c(OCc2cccc(-c3ccc4c(c3)OCCO4)c2C)cc1OCc1cccc(C#N)c1. The minimum atomic E-state index is 0.323. The molecule has 0 bridgehead atoms. The van der Waals surface area contributed by atoms with Crippen LogP contribution in [0, 0.1) is 18.3 Å². The predicted octanol–water partition coefficient (Wildman–Crippen LogP) is 8.00. The van der Waals surface area contributed by atoms with Crippen LogP contribution in [0.2, 0.25) is 5.02 Å². The molecule has 216 valence electrons. The van der Waals surface area contributed by atoms with E-state index in [1.807, 2.05) is 48.5 Å². The van der Waals surface area contributed by atoms with Crippen molar-refractivity contribution in [3.05, 3.63) is 106 Å². The lowest BCUT2D eigenvalue weighted by molar-refractivity contribution is 0.171. The van der Waals surface area contributed by atoms with Gasteiger partial charge in [-0.25, -0.2) is 0 Å². The van der Waals surface area contributed by atoms with E-state index < -0.39 is 0 Å². The van der Waals surface area contributed by atoms with Gasteiger partial charge in [-0.2, -0.15) is 5.26 Å². The molecule has 5 rings (SSSR count). The molecule has 0 aliphatic carbocycles. The summed E-state index contributed by atoms with van der Waals surface area (Å²) in [7, 11) is 0. The van der Waals surface area contributed by atoms with Gasteiger partial charge in [0.15, 0.2) is 11.5 Å². The Bertz CT molecular complexity index is 1600. The van der Waals surface area contributed by atoms with Crippen molar-refractivity contribution in [3.8, 4) is 40.2 Å². The number of benzene rings is 4. The molecule has 0 fully saturated rings. The third-order valence-corrected chi connectivity index (χ3v) is 7.80. The topological polar surface area (TPSA) is 72.7 Å². The zero-order valence-electron chi connectivity index (χ0n) is 24.2. The van der Waals surface area contributed by atoms with Crippen molar-refractivity contribution in [3.63, 3.8) is 0 Å². The molecule has 0 radical (unpaired) electrons. The van der Waals surface area contributed by atoms with Gasteiger partial charge in [0.1, 0.15) is 37.9 Å². The number of nitrogens with one attached hydrogen (secondary N) is 1. The summed E-state index contributed by atoms with van der Waals surface area (Å²) < 4.78 is 24.1. The number of fused-ring (bicyclic) bond motifs is 1. The zero-order valence-corrected chi connectivity index (χ0v) is 25.0. The van der Waals surface area contributed by atoms with Crippen LogP contribution in [-0.4, -0.2) is 19.3 Å². The normalized spacial score (nSPS) is 12.8. The molecule has 1 N–H and O–H groups in total. The molecule has 0 amide bonds. The van der Waals surface area contributed by atoms with E-state index in [1.165, 1.54) is 0 Å². The van der Waals surface area contributed by atoms with Gasteiger partial charge in [-0.1, -0.05) is 54.9 Å². The van der Waals surface area contributed by atoms with Crippen molar-refractivity contribution in [2.75, 3.05) is 13.2 Å². The molecule has 1 heterocycles. The van der Waals surface area contributed by atoms with Crippen molar-refractivity contribution in [2.24, 2.45) is 0 Å². The highest BCUT2D eigenvalue weighted by molar-refractivity contribution is 6.32. The maximum Gasteiger partial charge on any atom is 0.161 e. The Morgan fingerprint density at radius 1 is 0.905 bits per heavy atom. The lowest BCUT2D eigenvalue weighted by Crippen LogP contribution is -2.24. The van der Waals surface area contributed by atoms with Crippen LogP contribution in [0.3, 0.4) is 0 Å². The highest BCUT2D eigenvalue weighted by atomic mass is 35.5. The zero-order chi connectivity index (χ0) is 29.5. The van der Waals surface area contributed by atoms with Crippen LogP contribution in [0.5, 0.6) is 23.0 Å². The molecule has 0 unspecified atom stereocenters. The summed E-state index contributed by atoms with van der Waals surface area (Å²) in [6.07, 6.45) is 1.01. The number of rotatable bonds is 11. The second kappa shape index (κ2) is 13.7. The highest BCUT2D eigenvalue weighted by Crippen LogP contribution is 2.37. The van der Waals surface area contributed by atoms with Crippen molar-refractivity contribution in [1.29, 1.82) is 5.26 Å². The Kier molecular flexibility index (Phi) is 9.53. The summed E-state index contributed by atoms with van der Waals surface area (Å²) in [6.45, 7) is 8.78. The third kappa shape index (κ3) is 6.99. The van der Waals surface area contributed by atoms with Crippen LogP contribution < -0.4 is 24.3 Å². The second-order valence-electron chi connectivity index (χ2n) is 10.4. The van der Waals surface area contributed by atoms with Crippen LogP contribution in [0.25, 0.3) is 11.1 Å². The summed E-state index contributed by atoms with van der Waals surface area (Å²) in [6, 6.07) is 26.0. The second-order valence-corrected chi connectivity index (χ2v) is 10.8. The number of hydrogen-bond donors (Lipinski definition) is 1. The van der Waals surface area contributed by atoms with Crippen molar-refractivity contribution in [1.82, 2.24) is 5.32 Å². The number of ether oxygens (including phenoxy) is 4. The summed E-state index contributed by atoms with van der Waals surface area (Å²) in [5.74, 6) is 2.78. The lowest BCUT2D eigenvalue weighted by atomic mass is 9.96.